The number of carboxylic acid groups (broad SMARTS) is 1. The van der Waals surface area contributed by atoms with Gasteiger partial charge in [-0.2, -0.15) is 0 Å². The molecule has 0 aliphatic rings. The number of hydrogen-bond donors (Lipinski definition) is 3. The molecule has 1 unspecified atom stereocenters. The van der Waals surface area contributed by atoms with Crippen LogP contribution in [0.25, 0.3) is 0 Å². The van der Waals surface area contributed by atoms with Gasteiger partial charge < -0.3 is 20.7 Å². The van der Waals surface area contributed by atoms with Gasteiger partial charge in [0.2, 0.25) is 0 Å². The van der Waals surface area contributed by atoms with Gasteiger partial charge in [0.05, 0.1) is 24.5 Å². The molecule has 1 atom stereocenters. The monoisotopic (exact) mass is 256 g/mol. The summed E-state index contributed by atoms with van der Waals surface area (Å²) in [6.07, 6.45) is -0.460. The average molecular weight is 256 g/mol. The first kappa shape index (κ1) is 13.7. The number of benzene rings is 1. The number of phenols is 1. The number of carbonyl (C=O) groups is 1. The highest BCUT2D eigenvalue weighted by atomic mass is 16.6. The van der Waals surface area contributed by atoms with E-state index >= 15 is 0 Å². The molecule has 1 rings (SSSR count). The summed E-state index contributed by atoms with van der Waals surface area (Å²) in [6, 6.07) is 1.01. The van der Waals surface area contributed by atoms with E-state index in [-0.39, 0.29) is 17.0 Å². The highest BCUT2D eigenvalue weighted by Crippen LogP contribution is 2.37. The first-order valence-electron chi connectivity index (χ1n) is 4.89. The second kappa shape index (κ2) is 5.32. The van der Waals surface area contributed by atoms with Gasteiger partial charge in [-0.1, -0.05) is 0 Å². The largest absolute Gasteiger partial charge is 0.504 e. The van der Waals surface area contributed by atoms with E-state index in [0.29, 0.717) is 0 Å². The smallest absolute Gasteiger partial charge is 0.305 e. The number of ether oxygens (including phenoxy) is 1. The predicted molar refractivity (Wildman–Crippen MR) is 60.5 cm³/mol. The number of non-ortho nitro benzene ring substituents is 1. The van der Waals surface area contributed by atoms with E-state index in [0.717, 1.165) is 12.1 Å². The fraction of sp³-hybridized carbons (Fsp3) is 0.300. The van der Waals surface area contributed by atoms with Crippen LogP contribution in [0.15, 0.2) is 12.1 Å². The van der Waals surface area contributed by atoms with Crippen molar-refractivity contribution in [1.29, 1.82) is 0 Å². The number of nitrogens with zero attached hydrogens (tertiary/aromatic N) is 1. The minimum Gasteiger partial charge on any atom is -0.504 e. The third-order valence-corrected chi connectivity index (χ3v) is 2.31. The van der Waals surface area contributed by atoms with Crippen LogP contribution in [-0.4, -0.2) is 28.2 Å². The standard InChI is InChI=1S/C10H12N2O6/c1-18-8-3-5(12(16)17)2-6(10(8)15)7(11)4-9(13)14/h2-3,7,15H,4,11H2,1H3,(H,13,14). The molecule has 0 spiro atoms. The zero-order valence-electron chi connectivity index (χ0n) is 9.49. The Morgan fingerprint density at radius 3 is 2.67 bits per heavy atom. The number of nitro groups is 1. The van der Waals surface area contributed by atoms with Crippen molar-refractivity contribution in [3.8, 4) is 11.5 Å². The van der Waals surface area contributed by atoms with E-state index in [9.17, 15) is 20.0 Å². The third-order valence-electron chi connectivity index (χ3n) is 2.31. The third kappa shape index (κ3) is 2.86. The Bertz CT molecular complexity index is 488. The molecule has 0 fully saturated rings. The van der Waals surface area contributed by atoms with E-state index in [4.69, 9.17) is 15.6 Å². The number of hydrogen-bond acceptors (Lipinski definition) is 6. The molecule has 8 nitrogen and oxygen atoms in total. The Hall–Kier alpha value is -2.35. The van der Waals surface area contributed by atoms with E-state index in [1.807, 2.05) is 0 Å². The Morgan fingerprint density at radius 2 is 2.22 bits per heavy atom. The fourth-order valence-electron chi connectivity index (χ4n) is 1.46. The molecule has 4 N–H and O–H groups in total. The first-order chi connectivity index (χ1) is 8.36. The molecule has 1 aromatic rings. The molecule has 0 aliphatic carbocycles. The lowest BCUT2D eigenvalue weighted by molar-refractivity contribution is -0.385. The highest BCUT2D eigenvalue weighted by molar-refractivity contribution is 5.68. The van der Waals surface area contributed by atoms with Gasteiger partial charge in [-0.05, 0) is 0 Å². The topological polar surface area (TPSA) is 136 Å². The zero-order valence-corrected chi connectivity index (χ0v) is 9.49. The molecular weight excluding hydrogens is 244 g/mol. The number of nitrogens with two attached hydrogens (primary N) is 1. The number of phenolic OH excluding ortho intramolecular Hbond substituents is 1. The minimum absolute atomic E-state index is 0.0385. The van der Waals surface area contributed by atoms with Crippen molar-refractivity contribution < 1.29 is 24.7 Å². The predicted octanol–water partition coefficient (Wildman–Crippen LogP) is 0.783. The number of aliphatic carboxylic acids is 1. The van der Waals surface area contributed by atoms with E-state index < -0.39 is 29.1 Å². The summed E-state index contributed by atoms with van der Waals surface area (Å²) >= 11 is 0. The zero-order chi connectivity index (χ0) is 13.9. The fourth-order valence-corrected chi connectivity index (χ4v) is 1.46. The van der Waals surface area contributed by atoms with Crippen LogP contribution in [0.1, 0.15) is 18.0 Å². The van der Waals surface area contributed by atoms with Crippen LogP contribution in [0.2, 0.25) is 0 Å². The Balaban J connectivity index is 3.28. The molecule has 0 heterocycles. The Kier molecular flexibility index (Phi) is 4.05. The summed E-state index contributed by atoms with van der Waals surface area (Å²) in [4.78, 5) is 20.5. The lowest BCUT2D eigenvalue weighted by Gasteiger charge is -2.13. The first-order valence-corrected chi connectivity index (χ1v) is 4.89. The van der Waals surface area contributed by atoms with Crippen LogP contribution < -0.4 is 10.5 Å². The highest BCUT2D eigenvalue weighted by Gasteiger charge is 2.22. The van der Waals surface area contributed by atoms with Crippen molar-refractivity contribution in [2.45, 2.75) is 12.5 Å². The second-order valence-electron chi connectivity index (χ2n) is 3.55. The van der Waals surface area contributed by atoms with Crippen molar-refractivity contribution in [3.05, 3.63) is 27.8 Å². The van der Waals surface area contributed by atoms with Gasteiger partial charge in [-0.25, -0.2) is 0 Å². The molecular formula is C10H12N2O6. The maximum atomic E-state index is 10.7. The summed E-state index contributed by atoms with van der Waals surface area (Å²) < 4.78 is 4.77. The average Bonchev–Trinajstić information content (AvgIpc) is 2.27. The number of carboxylic acids is 1. The summed E-state index contributed by atoms with van der Waals surface area (Å²) in [6.45, 7) is 0. The molecule has 0 aromatic heterocycles. The van der Waals surface area contributed by atoms with Crippen molar-refractivity contribution in [2.24, 2.45) is 5.73 Å². The van der Waals surface area contributed by atoms with Crippen molar-refractivity contribution in [2.75, 3.05) is 7.11 Å². The maximum absolute atomic E-state index is 10.7. The Morgan fingerprint density at radius 1 is 1.61 bits per heavy atom. The van der Waals surface area contributed by atoms with Crippen LogP contribution in [0.4, 0.5) is 5.69 Å². The number of rotatable bonds is 5. The van der Waals surface area contributed by atoms with Crippen molar-refractivity contribution >= 4 is 11.7 Å². The molecule has 0 bridgehead atoms. The summed E-state index contributed by atoms with van der Waals surface area (Å²) in [5.41, 5.74) is 5.20. The molecule has 0 amide bonds. The van der Waals surface area contributed by atoms with Gasteiger partial charge in [0.1, 0.15) is 0 Å². The molecule has 0 saturated carbocycles. The molecule has 0 aliphatic heterocycles. The maximum Gasteiger partial charge on any atom is 0.305 e. The molecule has 8 heteroatoms. The van der Waals surface area contributed by atoms with Gasteiger partial charge >= 0.3 is 5.97 Å². The lowest BCUT2D eigenvalue weighted by Crippen LogP contribution is -2.15. The SMILES string of the molecule is COc1cc([N+](=O)[O-])cc(C(N)CC(=O)O)c1O. The van der Waals surface area contributed by atoms with Crippen molar-refractivity contribution in [1.82, 2.24) is 0 Å². The van der Waals surface area contributed by atoms with Gasteiger partial charge in [0.25, 0.3) is 5.69 Å². The number of nitro benzene ring substituents is 1. The van der Waals surface area contributed by atoms with Gasteiger partial charge in [-0.3, -0.25) is 14.9 Å². The van der Waals surface area contributed by atoms with Crippen LogP contribution >= 0.6 is 0 Å². The lowest BCUT2D eigenvalue weighted by atomic mass is 10.0. The van der Waals surface area contributed by atoms with Gasteiger partial charge in [0.15, 0.2) is 11.5 Å². The molecule has 0 radical (unpaired) electrons. The summed E-state index contributed by atoms with van der Waals surface area (Å²) in [7, 11) is 1.23. The van der Waals surface area contributed by atoms with Crippen LogP contribution in [-0.2, 0) is 4.79 Å². The van der Waals surface area contributed by atoms with Gasteiger partial charge in [0, 0.05) is 17.7 Å². The quantitative estimate of drug-likeness (QED) is 0.523. The summed E-state index contributed by atoms with van der Waals surface area (Å²) in [5.74, 6) is -1.69. The molecule has 0 saturated heterocycles. The van der Waals surface area contributed by atoms with Gasteiger partial charge in [-0.15, -0.1) is 0 Å². The second-order valence-corrected chi connectivity index (χ2v) is 3.55. The van der Waals surface area contributed by atoms with E-state index in [1.165, 1.54) is 7.11 Å². The van der Waals surface area contributed by atoms with Crippen LogP contribution in [0.3, 0.4) is 0 Å². The number of aromatic hydroxyl groups is 1. The Labute approximate surface area is 102 Å². The number of methoxy groups -OCH3 is 1. The van der Waals surface area contributed by atoms with Crippen LogP contribution in [0, 0.1) is 10.1 Å². The van der Waals surface area contributed by atoms with E-state index in [1.54, 1.807) is 0 Å². The van der Waals surface area contributed by atoms with Crippen LogP contribution in [0.5, 0.6) is 11.5 Å². The van der Waals surface area contributed by atoms with E-state index in [2.05, 4.69) is 0 Å². The molecule has 18 heavy (non-hydrogen) atoms. The molecule has 1 aromatic carbocycles. The molecule has 98 valence electrons. The minimum atomic E-state index is -1.17. The van der Waals surface area contributed by atoms with Crippen molar-refractivity contribution in [3.63, 3.8) is 0 Å². The normalized spacial score (nSPS) is 11.9. The summed E-state index contributed by atoms with van der Waals surface area (Å²) in [5, 5.41) is 29.1.